The molecular formula is C14H18BrNO. The molecule has 0 radical (unpaired) electrons. The van der Waals surface area contributed by atoms with Crippen molar-refractivity contribution in [3.63, 3.8) is 0 Å². The van der Waals surface area contributed by atoms with Crippen LogP contribution in [-0.2, 0) is 0 Å². The summed E-state index contributed by atoms with van der Waals surface area (Å²) in [5.41, 5.74) is 1.92. The largest absolute Gasteiger partial charge is 0.372 e. The molecule has 2 rings (SSSR count). The number of aldehydes is 1. The van der Waals surface area contributed by atoms with E-state index in [1.807, 2.05) is 18.2 Å². The number of hydrogen-bond acceptors (Lipinski definition) is 2. The van der Waals surface area contributed by atoms with E-state index in [1.165, 1.54) is 24.9 Å². The summed E-state index contributed by atoms with van der Waals surface area (Å²) in [4.78, 5) is 13.2. The van der Waals surface area contributed by atoms with Gasteiger partial charge in [0.15, 0.2) is 6.29 Å². The Kier molecular flexibility index (Phi) is 4.21. The van der Waals surface area contributed by atoms with Crippen molar-refractivity contribution in [3.05, 3.63) is 28.2 Å². The van der Waals surface area contributed by atoms with Gasteiger partial charge in [-0.15, -0.1) is 0 Å². The average molecular weight is 296 g/mol. The van der Waals surface area contributed by atoms with Gasteiger partial charge < -0.3 is 4.90 Å². The first-order valence-electron chi connectivity index (χ1n) is 6.24. The second kappa shape index (κ2) is 5.67. The first-order chi connectivity index (χ1) is 8.24. The minimum absolute atomic E-state index is 0.716. The zero-order valence-electron chi connectivity index (χ0n) is 10.2. The van der Waals surface area contributed by atoms with E-state index in [0.717, 1.165) is 29.8 Å². The minimum atomic E-state index is 0.716. The van der Waals surface area contributed by atoms with E-state index in [0.29, 0.717) is 5.56 Å². The van der Waals surface area contributed by atoms with Crippen LogP contribution in [0.4, 0.5) is 5.69 Å². The Bertz CT molecular complexity index is 401. The zero-order chi connectivity index (χ0) is 12.3. The topological polar surface area (TPSA) is 20.3 Å². The molecular weight excluding hydrogens is 278 g/mol. The summed E-state index contributed by atoms with van der Waals surface area (Å²) in [6, 6.07) is 5.97. The molecule has 0 spiro atoms. The van der Waals surface area contributed by atoms with E-state index in [2.05, 4.69) is 27.8 Å². The first kappa shape index (κ1) is 12.6. The van der Waals surface area contributed by atoms with Crippen LogP contribution in [-0.4, -0.2) is 19.4 Å². The fourth-order valence-corrected chi connectivity index (χ4v) is 2.67. The van der Waals surface area contributed by atoms with E-state index in [4.69, 9.17) is 0 Å². The van der Waals surface area contributed by atoms with E-state index in [9.17, 15) is 4.79 Å². The highest BCUT2D eigenvalue weighted by Gasteiger charge is 2.20. The summed E-state index contributed by atoms with van der Waals surface area (Å²) in [6.07, 6.45) is 5.00. The van der Waals surface area contributed by atoms with Crippen molar-refractivity contribution < 1.29 is 4.79 Å². The predicted molar refractivity (Wildman–Crippen MR) is 74.8 cm³/mol. The van der Waals surface area contributed by atoms with Crippen LogP contribution in [0, 0.1) is 5.92 Å². The molecule has 17 heavy (non-hydrogen) atoms. The quantitative estimate of drug-likeness (QED) is 0.768. The van der Waals surface area contributed by atoms with E-state index in [1.54, 1.807) is 0 Å². The summed E-state index contributed by atoms with van der Waals surface area (Å²) in [5, 5.41) is 0. The standard InChI is InChI=1S/C14H18BrNO/c1-2-16(9-11-4-3-5-11)13-7-6-12(10-17)14(15)8-13/h6-8,10-11H,2-5,9H2,1H3. The highest BCUT2D eigenvalue weighted by atomic mass is 79.9. The monoisotopic (exact) mass is 295 g/mol. The molecule has 0 heterocycles. The highest BCUT2D eigenvalue weighted by Crippen LogP contribution is 2.30. The van der Waals surface area contributed by atoms with Gasteiger partial charge >= 0.3 is 0 Å². The molecule has 1 fully saturated rings. The number of carbonyl (C=O) groups is 1. The molecule has 1 aromatic rings. The third-order valence-electron chi connectivity index (χ3n) is 3.56. The first-order valence-corrected chi connectivity index (χ1v) is 7.03. The third-order valence-corrected chi connectivity index (χ3v) is 4.25. The average Bonchev–Trinajstić information content (AvgIpc) is 2.28. The Morgan fingerprint density at radius 3 is 2.71 bits per heavy atom. The molecule has 1 saturated carbocycles. The highest BCUT2D eigenvalue weighted by molar-refractivity contribution is 9.10. The lowest BCUT2D eigenvalue weighted by atomic mass is 9.85. The number of benzene rings is 1. The Morgan fingerprint density at radius 2 is 2.24 bits per heavy atom. The number of rotatable bonds is 5. The Labute approximate surface area is 111 Å². The molecule has 3 heteroatoms. The van der Waals surface area contributed by atoms with Crippen LogP contribution in [0.2, 0.25) is 0 Å². The molecule has 0 N–H and O–H groups in total. The van der Waals surface area contributed by atoms with Crippen molar-refractivity contribution >= 4 is 27.9 Å². The van der Waals surface area contributed by atoms with Crippen LogP contribution in [0.25, 0.3) is 0 Å². The molecule has 0 aliphatic heterocycles. The van der Waals surface area contributed by atoms with Gasteiger partial charge in [-0.2, -0.15) is 0 Å². The van der Waals surface area contributed by atoms with Gasteiger partial charge in [-0.1, -0.05) is 6.42 Å². The fourth-order valence-electron chi connectivity index (χ4n) is 2.21. The summed E-state index contributed by atoms with van der Waals surface area (Å²) in [6.45, 7) is 4.34. The Morgan fingerprint density at radius 1 is 1.47 bits per heavy atom. The maximum Gasteiger partial charge on any atom is 0.151 e. The van der Waals surface area contributed by atoms with Crippen molar-refractivity contribution in [2.24, 2.45) is 5.92 Å². The maximum absolute atomic E-state index is 10.8. The lowest BCUT2D eigenvalue weighted by Crippen LogP contribution is -2.32. The van der Waals surface area contributed by atoms with Crippen LogP contribution in [0.3, 0.4) is 0 Å². The summed E-state index contributed by atoms with van der Waals surface area (Å²) in [5.74, 6) is 0.861. The zero-order valence-corrected chi connectivity index (χ0v) is 11.7. The smallest absolute Gasteiger partial charge is 0.151 e. The number of hydrogen-bond donors (Lipinski definition) is 0. The summed E-state index contributed by atoms with van der Waals surface area (Å²) in [7, 11) is 0. The number of carbonyl (C=O) groups excluding carboxylic acids is 1. The van der Waals surface area contributed by atoms with Crippen LogP contribution in [0.5, 0.6) is 0 Å². The van der Waals surface area contributed by atoms with Crippen molar-refractivity contribution in [3.8, 4) is 0 Å². The number of nitrogens with zero attached hydrogens (tertiary/aromatic N) is 1. The second-order valence-corrected chi connectivity index (χ2v) is 5.51. The number of anilines is 1. The third kappa shape index (κ3) is 2.89. The van der Waals surface area contributed by atoms with Crippen LogP contribution in [0.15, 0.2) is 22.7 Å². The molecule has 0 atom stereocenters. The molecule has 2 nitrogen and oxygen atoms in total. The molecule has 0 amide bonds. The lowest BCUT2D eigenvalue weighted by molar-refractivity contribution is 0.112. The van der Waals surface area contributed by atoms with Crippen molar-refractivity contribution in [2.45, 2.75) is 26.2 Å². The van der Waals surface area contributed by atoms with Gasteiger partial charge in [-0.3, -0.25) is 4.79 Å². The molecule has 0 bridgehead atoms. The van der Waals surface area contributed by atoms with Crippen LogP contribution in [0.1, 0.15) is 36.5 Å². The molecule has 0 aromatic heterocycles. The van der Waals surface area contributed by atoms with Gasteiger partial charge in [0, 0.05) is 28.8 Å². The molecule has 0 unspecified atom stereocenters. The van der Waals surface area contributed by atoms with Crippen molar-refractivity contribution in [2.75, 3.05) is 18.0 Å². The molecule has 1 aliphatic rings. The number of halogens is 1. The van der Waals surface area contributed by atoms with E-state index in [-0.39, 0.29) is 0 Å². The van der Waals surface area contributed by atoms with Crippen LogP contribution < -0.4 is 4.90 Å². The molecule has 92 valence electrons. The SMILES string of the molecule is CCN(CC1CCC1)c1ccc(C=O)c(Br)c1. The predicted octanol–water partition coefficient (Wildman–Crippen LogP) is 3.89. The van der Waals surface area contributed by atoms with Gasteiger partial charge in [-0.25, -0.2) is 0 Å². The van der Waals surface area contributed by atoms with Gasteiger partial charge in [0.05, 0.1) is 0 Å². The maximum atomic E-state index is 10.8. The lowest BCUT2D eigenvalue weighted by Gasteiger charge is -2.33. The summed E-state index contributed by atoms with van der Waals surface area (Å²) < 4.78 is 0.886. The minimum Gasteiger partial charge on any atom is -0.372 e. The fraction of sp³-hybridized carbons (Fsp3) is 0.500. The molecule has 0 saturated heterocycles. The van der Waals surface area contributed by atoms with Crippen molar-refractivity contribution in [1.82, 2.24) is 0 Å². The van der Waals surface area contributed by atoms with E-state index >= 15 is 0 Å². The van der Waals surface area contributed by atoms with Crippen LogP contribution >= 0.6 is 15.9 Å². The van der Waals surface area contributed by atoms with Crippen molar-refractivity contribution in [1.29, 1.82) is 0 Å². The summed E-state index contributed by atoms with van der Waals surface area (Å²) >= 11 is 3.44. The molecule has 1 aliphatic carbocycles. The van der Waals surface area contributed by atoms with Gasteiger partial charge in [0.25, 0.3) is 0 Å². The van der Waals surface area contributed by atoms with Gasteiger partial charge in [0.2, 0.25) is 0 Å². The van der Waals surface area contributed by atoms with Gasteiger partial charge in [-0.05, 0) is 59.8 Å². The Balaban J connectivity index is 2.12. The molecule has 1 aromatic carbocycles. The second-order valence-electron chi connectivity index (χ2n) is 4.66. The normalized spacial score (nSPS) is 15.4. The van der Waals surface area contributed by atoms with E-state index < -0.39 is 0 Å². The van der Waals surface area contributed by atoms with Gasteiger partial charge in [0.1, 0.15) is 0 Å². The Hall–Kier alpha value is -0.830.